The highest BCUT2D eigenvalue weighted by molar-refractivity contribution is 5.32. The minimum atomic E-state index is -1.10. The molecule has 2 saturated carbocycles. The van der Waals surface area contributed by atoms with Crippen LogP contribution < -0.4 is 0 Å². The van der Waals surface area contributed by atoms with Gasteiger partial charge in [-0.05, 0) is 61.5 Å². The fourth-order valence-corrected chi connectivity index (χ4v) is 4.30. The van der Waals surface area contributed by atoms with Crippen LogP contribution in [0.2, 0.25) is 0 Å². The summed E-state index contributed by atoms with van der Waals surface area (Å²) < 4.78 is 27.4. The number of phenolic OH excluding ortho intramolecular Hbond substituents is 1. The zero-order chi connectivity index (χ0) is 14.8. The van der Waals surface area contributed by atoms with E-state index >= 15 is 0 Å². The molecule has 21 heavy (non-hydrogen) atoms. The molecule has 0 spiro atoms. The first-order valence-corrected chi connectivity index (χ1v) is 8.32. The van der Waals surface area contributed by atoms with Crippen molar-refractivity contribution in [2.75, 3.05) is 0 Å². The number of phenols is 1. The summed E-state index contributed by atoms with van der Waals surface area (Å²) in [6, 6.07) is 2.83. The van der Waals surface area contributed by atoms with Crippen molar-refractivity contribution in [1.29, 1.82) is 0 Å². The molecule has 1 nitrogen and oxygen atoms in total. The van der Waals surface area contributed by atoms with E-state index in [0.29, 0.717) is 5.56 Å². The van der Waals surface area contributed by atoms with Crippen molar-refractivity contribution < 1.29 is 13.9 Å². The van der Waals surface area contributed by atoms with Gasteiger partial charge >= 0.3 is 0 Å². The lowest BCUT2D eigenvalue weighted by molar-refractivity contribution is 0.266. The van der Waals surface area contributed by atoms with Crippen molar-refractivity contribution in [3.05, 3.63) is 29.3 Å². The normalized spacial score (nSPS) is 27.1. The SMILES string of the molecule is Oc1ccc(C2CCC(CC3CCCC3)CC2)c(F)c1F. The second-order valence-corrected chi connectivity index (χ2v) is 6.91. The lowest BCUT2D eigenvalue weighted by Crippen LogP contribution is -2.16. The summed E-state index contributed by atoms with van der Waals surface area (Å²) >= 11 is 0. The first-order valence-electron chi connectivity index (χ1n) is 8.32. The first kappa shape index (κ1) is 14.8. The molecule has 0 atom stereocenters. The average molecular weight is 294 g/mol. The Morgan fingerprint density at radius 1 is 0.857 bits per heavy atom. The predicted octanol–water partition coefficient (Wildman–Crippen LogP) is 5.52. The lowest BCUT2D eigenvalue weighted by atomic mass is 9.75. The Labute approximate surface area is 125 Å². The summed E-state index contributed by atoms with van der Waals surface area (Å²) in [7, 11) is 0. The fraction of sp³-hybridized carbons (Fsp3) is 0.667. The van der Waals surface area contributed by atoms with Gasteiger partial charge in [0.05, 0.1) is 0 Å². The highest BCUT2D eigenvalue weighted by Crippen LogP contribution is 2.42. The monoisotopic (exact) mass is 294 g/mol. The van der Waals surface area contributed by atoms with E-state index < -0.39 is 17.4 Å². The molecule has 3 rings (SSSR count). The molecule has 116 valence electrons. The summed E-state index contributed by atoms with van der Waals surface area (Å²) in [6.45, 7) is 0. The highest BCUT2D eigenvalue weighted by Gasteiger charge is 2.28. The molecule has 2 aliphatic rings. The van der Waals surface area contributed by atoms with Gasteiger partial charge in [-0.2, -0.15) is 4.39 Å². The average Bonchev–Trinajstić information content (AvgIpc) is 2.99. The number of benzene rings is 1. The zero-order valence-corrected chi connectivity index (χ0v) is 12.5. The molecule has 2 fully saturated rings. The van der Waals surface area contributed by atoms with Crippen LogP contribution in [0.4, 0.5) is 8.78 Å². The number of aromatic hydroxyl groups is 1. The fourth-order valence-electron chi connectivity index (χ4n) is 4.30. The van der Waals surface area contributed by atoms with Crippen LogP contribution in [-0.4, -0.2) is 5.11 Å². The Balaban J connectivity index is 1.59. The second-order valence-electron chi connectivity index (χ2n) is 6.91. The topological polar surface area (TPSA) is 20.2 Å². The van der Waals surface area contributed by atoms with Gasteiger partial charge in [-0.15, -0.1) is 0 Å². The quantitative estimate of drug-likeness (QED) is 0.777. The largest absolute Gasteiger partial charge is 0.505 e. The van der Waals surface area contributed by atoms with E-state index in [0.717, 1.165) is 37.5 Å². The third-order valence-corrected chi connectivity index (χ3v) is 5.52. The molecule has 2 aliphatic carbocycles. The molecule has 0 unspecified atom stereocenters. The molecule has 0 aliphatic heterocycles. The maximum Gasteiger partial charge on any atom is 0.200 e. The van der Waals surface area contributed by atoms with Crippen molar-refractivity contribution in [1.82, 2.24) is 0 Å². The van der Waals surface area contributed by atoms with Crippen LogP contribution in [0, 0.1) is 23.5 Å². The molecule has 0 aromatic heterocycles. The summed E-state index contributed by atoms with van der Waals surface area (Å²) in [5.74, 6) is -0.746. The highest BCUT2D eigenvalue weighted by atomic mass is 19.2. The Bertz CT molecular complexity index is 486. The number of hydrogen-bond donors (Lipinski definition) is 1. The van der Waals surface area contributed by atoms with Crippen LogP contribution in [0.15, 0.2) is 12.1 Å². The van der Waals surface area contributed by atoms with Crippen LogP contribution >= 0.6 is 0 Å². The van der Waals surface area contributed by atoms with Crippen LogP contribution in [0.25, 0.3) is 0 Å². The molecular formula is C18H24F2O. The van der Waals surface area contributed by atoms with Gasteiger partial charge in [0.2, 0.25) is 5.82 Å². The summed E-state index contributed by atoms with van der Waals surface area (Å²) in [5.41, 5.74) is 0.449. The maximum atomic E-state index is 13.9. The molecule has 0 heterocycles. The van der Waals surface area contributed by atoms with Crippen LogP contribution in [0.5, 0.6) is 5.75 Å². The molecule has 1 aromatic carbocycles. The Hall–Kier alpha value is -1.12. The summed E-state index contributed by atoms with van der Waals surface area (Å²) in [4.78, 5) is 0. The van der Waals surface area contributed by atoms with E-state index in [1.807, 2.05) is 0 Å². The molecule has 3 heteroatoms. The summed E-state index contributed by atoms with van der Waals surface area (Å²) in [5, 5.41) is 9.21. The van der Waals surface area contributed by atoms with Crippen molar-refractivity contribution in [2.45, 2.75) is 63.7 Å². The van der Waals surface area contributed by atoms with E-state index in [1.54, 1.807) is 6.07 Å². The zero-order valence-electron chi connectivity index (χ0n) is 12.5. The second kappa shape index (κ2) is 6.33. The van der Waals surface area contributed by atoms with E-state index in [4.69, 9.17) is 0 Å². The van der Waals surface area contributed by atoms with Crippen LogP contribution in [-0.2, 0) is 0 Å². The number of rotatable bonds is 3. The van der Waals surface area contributed by atoms with Crippen molar-refractivity contribution >= 4 is 0 Å². The lowest BCUT2D eigenvalue weighted by Gasteiger charge is -2.30. The van der Waals surface area contributed by atoms with E-state index in [9.17, 15) is 13.9 Å². The van der Waals surface area contributed by atoms with Gasteiger partial charge < -0.3 is 5.11 Å². The van der Waals surface area contributed by atoms with Crippen molar-refractivity contribution in [3.8, 4) is 5.75 Å². The minimum Gasteiger partial charge on any atom is -0.505 e. The van der Waals surface area contributed by atoms with Gasteiger partial charge in [0.1, 0.15) is 0 Å². The van der Waals surface area contributed by atoms with Crippen molar-refractivity contribution in [2.24, 2.45) is 11.8 Å². The van der Waals surface area contributed by atoms with Gasteiger partial charge in [0, 0.05) is 0 Å². The molecule has 0 amide bonds. The minimum absolute atomic E-state index is 0.111. The van der Waals surface area contributed by atoms with Crippen LogP contribution in [0.3, 0.4) is 0 Å². The molecule has 1 aromatic rings. The van der Waals surface area contributed by atoms with Gasteiger partial charge in [-0.25, -0.2) is 4.39 Å². The molecular weight excluding hydrogens is 270 g/mol. The first-order chi connectivity index (χ1) is 10.1. The number of halogens is 2. The standard InChI is InChI=1S/C18H24F2O/c19-17-15(9-10-16(21)18(17)20)14-7-5-13(6-8-14)11-12-3-1-2-4-12/h9-10,12-14,21H,1-8,11H2. The number of hydrogen-bond acceptors (Lipinski definition) is 1. The summed E-state index contributed by atoms with van der Waals surface area (Å²) in [6.07, 6.45) is 11.0. The third-order valence-electron chi connectivity index (χ3n) is 5.52. The molecule has 0 bridgehead atoms. The van der Waals surface area contributed by atoms with Gasteiger partial charge in [0.15, 0.2) is 11.6 Å². The molecule has 1 N–H and O–H groups in total. The van der Waals surface area contributed by atoms with Gasteiger partial charge in [0.25, 0.3) is 0 Å². The predicted molar refractivity (Wildman–Crippen MR) is 79.3 cm³/mol. The van der Waals surface area contributed by atoms with E-state index in [-0.39, 0.29) is 5.92 Å². The smallest absolute Gasteiger partial charge is 0.200 e. The van der Waals surface area contributed by atoms with Gasteiger partial charge in [-0.3, -0.25) is 0 Å². The van der Waals surface area contributed by atoms with E-state index in [2.05, 4.69) is 0 Å². The van der Waals surface area contributed by atoms with E-state index in [1.165, 1.54) is 38.2 Å². The molecule has 0 saturated heterocycles. The Kier molecular flexibility index (Phi) is 4.46. The molecule has 0 radical (unpaired) electrons. The maximum absolute atomic E-state index is 13.9. The third kappa shape index (κ3) is 3.22. The Morgan fingerprint density at radius 3 is 2.14 bits per heavy atom. The van der Waals surface area contributed by atoms with Crippen LogP contribution in [0.1, 0.15) is 69.3 Å². The Morgan fingerprint density at radius 2 is 1.48 bits per heavy atom. The van der Waals surface area contributed by atoms with Gasteiger partial charge in [-0.1, -0.05) is 31.7 Å². The van der Waals surface area contributed by atoms with Crippen molar-refractivity contribution in [3.63, 3.8) is 0 Å².